The second kappa shape index (κ2) is 4.30. The Morgan fingerprint density at radius 1 is 1.41 bits per heavy atom. The summed E-state index contributed by atoms with van der Waals surface area (Å²) in [5, 5.41) is 9.18. The first kappa shape index (κ1) is 11.2. The lowest BCUT2D eigenvalue weighted by Gasteiger charge is -2.06. The monoisotopic (exact) mass is 226 g/mol. The fourth-order valence-electron chi connectivity index (χ4n) is 1.78. The maximum absolute atomic E-state index is 9.18. The summed E-state index contributed by atoms with van der Waals surface area (Å²) in [7, 11) is 5.70. The number of nitrogens with zero attached hydrogens (tertiary/aromatic N) is 4. The number of rotatable bonds is 2. The third-order valence-electron chi connectivity index (χ3n) is 2.54. The minimum absolute atomic E-state index is 0.564. The quantitative estimate of drug-likeness (QED) is 0.736. The summed E-state index contributed by atoms with van der Waals surface area (Å²) in [6.45, 7) is 0. The summed E-state index contributed by atoms with van der Waals surface area (Å²) >= 11 is 0. The van der Waals surface area contributed by atoms with Crippen molar-refractivity contribution in [2.24, 2.45) is 7.05 Å². The first-order chi connectivity index (χ1) is 8.13. The molecule has 1 heterocycles. The summed E-state index contributed by atoms with van der Waals surface area (Å²) in [5.41, 5.74) is 2.50. The van der Waals surface area contributed by atoms with Gasteiger partial charge in [0, 0.05) is 27.3 Å². The maximum atomic E-state index is 9.18. The van der Waals surface area contributed by atoms with Crippen molar-refractivity contribution < 1.29 is 0 Å². The number of aromatic nitrogens is 2. The second-order valence-corrected chi connectivity index (χ2v) is 4.10. The van der Waals surface area contributed by atoms with Gasteiger partial charge in [-0.2, -0.15) is 5.26 Å². The van der Waals surface area contributed by atoms with Crippen molar-refractivity contribution >= 4 is 16.6 Å². The summed E-state index contributed by atoms with van der Waals surface area (Å²) in [5.74, 6) is 0.697. The van der Waals surface area contributed by atoms with Crippen molar-refractivity contribution in [3.63, 3.8) is 0 Å². The third-order valence-corrected chi connectivity index (χ3v) is 2.54. The summed E-state index contributed by atoms with van der Waals surface area (Å²) in [6.07, 6.45) is 1.78. The van der Waals surface area contributed by atoms with Gasteiger partial charge >= 0.3 is 0 Å². The Labute approximate surface area is 100 Å². The van der Waals surface area contributed by atoms with Crippen LogP contribution in [0.4, 0.5) is 0 Å². The lowest BCUT2D eigenvalue weighted by atomic mass is 10.3. The fourth-order valence-corrected chi connectivity index (χ4v) is 1.78. The molecule has 2 aromatic rings. The van der Waals surface area contributed by atoms with E-state index in [-0.39, 0.29) is 0 Å². The van der Waals surface area contributed by atoms with Crippen LogP contribution in [0.5, 0.6) is 0 Å². The molecule has 17 heavy (non-hydrogen) atoms. The molecule has 1 aromatic heterocycles. The molecule has 0 aliphatic carbocycles. The van der Waals surface area contributed by atoms with Crippen LogP contribution in [-0.4, -0.2) is 28.5 Å². The van der Waals surface area contributed by atoms with E-state index >= 15 is 0 Å². The van der Waals surface area contributed by atoms with Gasteiger partial charge < -0.3 is 9.47 Å². The molecular weight excluding hydrogens is 212 g/mol. The minimum Gasteiger partial charge on any atom is -0.382 e. The van der Waals surface area contributed by atoms with Crippen molar-refractivity contribution in [1.82, 2.24) is 14.5 Å². The highest BCUT2D eigenvalue weighted by atomic mass is 15.1. The van der Waals surface area contributed by atoms with Crippen LogP contribution >= 0.6 is 0 Å². The number of hydrogen-bond acceptors (Lipinski definition) is 3. The van der Waals surface area contributed by atoms with Gasteiger partial charge in [-0.15, -0.1) is 0 Å². The van der Waals surface area contributed by atoms with E-state index in [2.05, 4.69) is 11.1 Å². The molecule has 0 amide bonds. The molecule has 4 heteroatoms. The average molecular weight is 226 g/mol. The van der Waals surface area contributed by atoms with Crippen LogP contribution in [0.25, 0.3) is 16.6 Å². The van der Waals surface area contributed by atoms with E-state index in [9.17, 15) is 5.26 Å². The number of benzene rings is 1. The molecule has 0 bridgehead atoms. The minimum atomic E-state index is 0.564. The number of allylic oxidation sites excluding steroid dienone is 1. The normalized spacial score (nSPS) is 11.5. The summed E-state index contributed by atoms with van der Waals surface area (Å²) in [6, 6.07) is 10.0. The largest absolute Gasteiger partial charge is 0.382 e. The molecule has 0 saturated heterocycles. The average Bonchev–Trinajstić information content (AvgIpc) is 2.64. The molecule has 0 fully saturated rings. The predicted molar refractivity (Wildman–Crippen MR) is 68.0 cm³/mol. The highest BCUT2D eigenvalue weighted by Crippen LogP contribution is 2.19. The van der Waals surface area contributed by atoms with Crippen molar-refractivity contribution in [2.75, 3.05) is 14.1 Å². The van der Waals surface area contributed by atoms with Gasteiger partial charge in [0.25, 0.3) is 0 Å². The number of imidazole rings is 1. The first-order valence-corrected chi connectivity index (χ1v) is 5.33. The van der Waals surface area contributed by atoms with Crippen molar-refractivity contribution in [2.45, 2.75) is 0 Å². The Balaban J connectivity index is 2.64. The van der Waals surface area contributed by atoms with Crippen LogP contribution in [0.2, 0.25) is 0 Å². The Morgan fingerprint density at radius 3 is 2.71 bits per heavy atom. The molecule has 4 nitrogen and oxygen atoms in total. The van der Waals surface area contributed by atoms with E-state index < -0.39 is 0 Å². The number of hydrogen-bond donors (Lipinski definition) is 0. The van der Waals surface area contributed by atoms with Crippen molar-refractivity contribution in [3.05, 3.63) is 36.3 Å². The van der Waals surface area contributed by atoms with E-state index in [0.717, 1.165) is 11.0 Å². The molecule has 0 spiro atoms. The zero-order valence-corrected chi connectivity index (χ0v) is 10.2. The first-order valence-electron chi connectivity index (χ1n) is 5.33. The lowest BCUT2D eigenvalue weighted by molar-refractivity contribution is 0.565. The zero-order valence-electron chi connectivity index (χ0n) is 10.2. The molecule has 86 valence electrons. The van der Waals surface area contributed by atoms with Crippen LogP contribution in [0, 0.1) is 11.3 Å². The van der Waals surface area contributed by atoms with E-state index in [1.54, 1.807) is 6.20 Å². The highest BCUT2D eigenvalue weighted by Gasteiger charge is 2.11. The lowest BCUT2D eigenvalue weighted by Crippen LogP contribution is -2.04. The molecule has 1 aromatic carbocycles. The third kappa shape index (κ3) is 2.00. The SMILES string of the molecule is CN(C)/C=C(/C#N)c1nc2ccccc2n1C. The molecule has 0 N–H and O–H groups in total. The van der Waals surface area contributed by atoms with Crippen LogP contribution in [0.15, 0.2) is 30.5 Å². The molecule has 0 aliphatic rings. The molecule has 0 saturated carbocycles. The number of aryl methyl sites for hydroxylation is 1. The van der Waals surface area contributed by atoms with Gasteiger partial charge in [0.1, 0.15) is 11.6 Å². The standard InChI is InChI=1S/C13H14N4/c1-16(2)9-10(8-14)13-15-11-6-4-5-7-12(11)17(13)3/h4-7,9H,1-3H3/b10-9-. The van der Waals surface area contributed by atoms with Crippen molar-refractivity contribution in [3.8, 4) is 6.07 Å². The van der Waals surface area contributed by atoms with Gasteiger partial charge in [0.05, 0.1) is 11.0 Å². The zero-order chi connectivity index (χ0) is 12.4. The van der Waals surface area contributed by atoms with Crippen LogP contribution in [0.3, 0.4) is 0 Å². The van der Waals surface area contributed by atoms with Crippen LogP contribution in [-0.2, 0) is 7.05 Å². The van der Waals surface area contributed by atoms with Gasteiger partial charge in [0.15, 0.2) is 5.82 Å². The van der Waals surface area contributed by atoms with E-state index in [1.165, 1.54) is 0 Å². The van der Waals surface area contributed by atoms with Gasteiger partial charge in [-0.25, -0.2) is 4.98 Å². The highest BCUT2D eigenvalue weighted by molar-refractivity contribution is 5.82. The van der Waals surface area contributed by atoms with Crippen molar-refractivity contribution in [1.29, 1.82) is 5.26 Å². The molecule has 2 rings (SSSR count). The Bertz CT molecular complexity index is 614. The van der Waals surface area contributed by atoms with Gasteiger partial charge in [-0.05, 0) is 12.1 Å². The molecule has 0 radical (unpaired) electrons. The molecule has 0 unspecified atom stereocenters. The Kier molecular flexibility index (Phi) is 2.84. The van der Waals surface area contributed by atoms with E-state index in [0.29, 0.717) is 11.4 Å². The predicted octanol–water partition coefficient (Wildman–Crippen LogP) is 2.00. The smallest absolute Gasteiger partial charge is 0.153 e. The molecule has 0 aliphatic heterocycles. The Hall–Kier alpha value is -2.28. The van der Waals surface area contributed by atoms with Gasteiger partial charge in [-0.3, -0.25) is 0 Å². The second-order valence-electron chi connectivity index (χ2n) is 4.10. The van der Waals surface area contributed by atoms with Crippen LogP contribution in [0.1, 0.15) is 5.82 Å². The summed E-state index contributed by atoms with van der Waals surface area (Å²) < 4.78 is 1.94. The molecular formula is C13H14N4. The van der Waals surface area contributed by atoms with E-state index in [4.69, 9.17) is 0 Å². The van der Waals surface area contributed by atoms with E-state index in [1.807, 2.05) is 54.9 Å². The number of fused-ring (bicyclic) bond motifs is 1. The topological polar surface area (TPSA) is 44.9 Å². The molecule has 0 atom stereocenters. The number of para-hydroxylation sites is 2. The van der Waals surface area contributed by atoms with Gasteiger partial charge in [0.2, 0.25) is 0 Å². The Morgan fingerprint density at radius 2 is 2.12 bits per heavy atom. The number of nitriles is 1. The summed E-state index contributed by atoms with van der Waals surface area (Å²) in [4.78, 5) is 6.33. The van der Waals surface area contributed by atoms with Gasteiger partial charge in [-0.1, -0.05) is 12.1 Å². The maximum Gasteiger partial charge on any atom is 0.153 e. The van der Waals surface area contributed by atoms with Crippen LogP contribution < -0.4 is 0 Å². The fraction of sp³-hybridized carbons (Fsp3) is 0.231.